The molecule has 3 N–H and O–H groups in total. The number of carbonyl (C=O) groups excluding carboxylic acids is 2. The molecule has 0 aliphatic carbocycles. The fourth-order valence-electron chi connectivity index (χ4n) is 9.81. The smallest absolute Gasteiger partial charge is 0.305 e. The zero-order chi connectivity index (χ0) is 49.3. The van der Waals surface area contributed by atoms with Crippen LogP contribution in [0.15, 0.2) is 12.2 Å². The maximum absolute atomic E-state index is 12.5. The van der Waals surface area contributed by atoms with E-state index >= 15 is 0 Å². The van der Waals surface area contributed by atoms with Crippen molar-refractivity contribution in [1.82, 2.24) is 5.32 Å². The van der Waals surface area contributed by atoms with Gasteiger partial charge in [-0.2, -0.15) is 0 Å². The van der Waals surface area contributed by atoms with Gasteiger partial charge in [-0.25, -0.2) is 0 Å². The third kappa shape index (κ3) is 53.9. The summed E-state index contributed by atoms with van der Waals surface area (Å²) in [5, 5.41) is 23.2. The van der Waals surface area contributed by atoms with Crippen molar-refractivity contribution in [3.63, 3.8) is 0 Å². The van der Waals surface area contributed by atoms with E-state index in [0.29, 0.717) is 19.4 Å². The van der Waals surface area contributed by atoms with E-state index in [0.717, 1.165) is 57.8 Å². The second kappa shape index (κ2) is 58.2. The molecular formula is C62H121NO5. The highest BCUT2D eigenvalue weighted by Gasteiger charge is 2.18. The van der Waals surface area contributed by atoms with Crippen molar-refractivity contribution in [3.8, 4) is 0 Å². The van der Waals surface area contributed by atoms with Gasteiger partial charge in [0.2, 0.25) is 5.91 Å². The van der Waals surface area contributed by atoms with E-state index in [1.165, 1.54) is 263 Å². The number of rotatable bonds is 58. The van der Waals surface area contributed by atoms with Crippen molar-refractivity contribution in [2.24, 2.45) is 0 Å². The van der Waals surface area contributed by atoms with Gasteiger partial charge >= 0.3 is 5.97 Å². The Morgan fingerprint density at radius 1 is 0.397 bits per heavy atom. The molecule has 1 amide bonds. The minimum absolute atomic E-state index is 0.00110. The zero-order valence-corrected chi connectivity index (χ0v) is 46.1. The molecule has 0 aromatic carbocycles. The number of nitrogens with one attached hydrogen (secondary N) is 1. The average Bonchev–Trinajstić information content (AvgIpc) is 3.34. The summed E-state index contributed by atoms with van der Waals surface area (Å²) in [5.74, 6) is -0.0781. The summed E-state index contributed by atoms with van der Waals surface area (Å²) in [6.45, 7) is 4.91. The Morgan fingerprint density at radius 3 is 1.00 bits per heavy atom. The summed E-state index contributed by atoms with van der Waals surface area (Å²) in [5.41, 5.74) is 0. The average molecular weight is 961 g/mol. The molecule has 2 atom stereocenters. The molecule has 0 fully saturated rings. The molecule has 2 unspecified atom stereocenters. The van der Waals surface area contributed by atoms with Gasteiger partial charge in [0.15, 0.2) is 0 Å². The Hall–Kier alpha value is -1.40. The monoisotopic (exact) mass is 960 g/mol. The Kier molecular flexibility index (Phi) is 57.0. The molecule has 0 rings (SSSR count). The number of esters is 1. The molecule has 0 saturated carbocycles. The van der Waals surface area contributed by atoms with Crippen molar-refractivity contribution in [3.05, 3.63) is 12.2 Å². The van der Waals surface area contributed by atoms with Gasteiger partial charge in [-0.15, -0.1) is 0 Å². The first-order valence-corrected chi connectivity index (χ1v) is 31.0. The van der Waals surface area contributed by atoms with Crippen molar-refractivity contribution >= 4 is 11.9 Å². The molecule has 404 valence electrons. The number of aliphatic hydroxyl groups excluding tert-OH is 2. The number of aliphatic hydroxyl groups is 2. The summed E-state index contributed by atoms with van der Waals surface area (Å²) >= 11 is 0. The van der Waals surface area contributed by atoms with Gasteiger partial charge in [-0.05, 0) is 32.1 Å². The van der Waals surface area contributed by atoms with Crippen LogP contribution in [0.1, 0.15) is 348 Å². The first-order valence-electron chi connectivity index (χ1n) is 31.0. The van der Waals surface area contributed by atoms with Crippen LogP contribution in [-0.4, -0.2) is 47.4 Å². The van der Waals surface area contributed by atoms with Crippen LogP contribution < -0.4 is 5.32 Å². The third-order valence-electron chi connectivity index (χ3n) is 14.6. The lowest BCUT2D eigenvalue weighted by molar-refractivity contribution is -0.143. The van der Waals surface area contributed by atoms with Gasteiger partial charge in [0, 0.05) is 12.8 Å². The Bertz CT molecular complexity index is 1020. The standard InChI is InChI=1S/C62H121NO5/c1-3-5-7-9-11-13-15-17-19-21-23-25-27-30-34-38-42-46-50-54-60(65)59(58-64)63-61(66)55-51-47-43-39-35-31-29-33-37-41-45-49-53-57-68-62(67)56-52-48-44-40-36-32-28-26-24-22-20-18-16-14-12-10-8-6-4-2/h50,54,59-60,64-65H,3-49,51-53,55-58H2,1-2H3,(H,63,66)/b54-50+. The lowest BCUT2D eigenvalue weighted by Gasteiger charge is -2.20. The van der Waals surface area contributed by atoms with E-state index in [9.17, 15) is 19.8 Å². The highest BCUT2D eigenvalue weighted by atomic mass is 16.5. The maximum Gasteiger partial charge on any atom is 0.305 e. The molecule has 0 aromatic rings. The van der Waals surface area contributed by atoms with Crippen molar-refractivity contribution < 1.29 is 24.5 Å². The van der Waals surface area contributed by atoms with E-state index < -0.39 is 12.1 Å². The fraction of sp³-hybridized carbons (Fsp3) is 0.935. The summed E-state index contributed by atoms with van der Waals surface area (Å²) in [6, 6.07) is -0.637. The number of amides is 1. The predicted molar refractivity (Wildman–Crippen MR) is 297 cm³/mol. The molecule has 0 spiro atoms. The number of hydrogen-bond donors (Lipinski definition) is 3. The topological polar surface area (TPSA) is 95.9 Å². The molecule has 0 bridgehead atoms. The molecule has 6 nitrogen and oxygen atoms in total. The summed E-state index contributed by atoms with van der Waals surface area (Å²) in [6.07, 6.45) is 69.6. The van der Waals surface area contributed by atoms with Crippen LogP contribution in [0.4, 0.5) is 0 Å². The van der Waals surface area contributed by atoms with Crippen LogP contribution in [0.5, 0.6) is 0 Å². The minimum Gasteiger partial charge on any atom is -0.466 e. The summed E-state index contributed by atoms with van der Waals surface area (Å²) in [7, 11) is 0. The van der Waals surface area contributed by atoms with Crippen LogP contribution in [0.2, 0.25) is 0 Å². The number of allylic oxidation sites excluding steroid dienone is 1. The lowest BCUT2D eigenvalue weighted by Crippen LogP contribution is -2.45. The second-order valence-corrected chi connectivity index (χ2v) is 21.4. The van der Waals surface area contributed by atoms with Gasteiger partial charge in [0.25, 0.3) is 0 Å². The van der Waals surface area contributed by atoms with Gasteiger partial charge in [-0.1, -0.05) is 315 Å². The normalized spacial score (nSPS) is 12.6. The van der Waals surface area contributed by atoms with Crippen molar-refractivity contribution in [1.29, 1.82) is 0 Å². The highest BCUT2D eigenvalue weighted by molar-refractivity contribution is 5.76. The molecule has 0 radical (unpaired) electrons. The molecule has 6 heteroatoms. The molecular weight excluding hydrogens is 839 g/mol. The molecule has 0 aliphatic heterocycles. The minimum atomic E-state index is -0.853. The van der Waals surface area contributed by atoms with Crippen LogP contribution in [-0.2, 0) is 14.3 Å². The SMILES string of the molecule is CCCCCCCCCCCCCCCCCCC/C=C/C(O)C(CO)NC(=O)CCCCCCCCCCCCCCCOC(=O)CCCCCCCCCCCCCCCCCCCCC. The largest absolute Gasteiger partial charge is 0.466 e. The molecule has 0 saturated heterocycles. The van der Waals surface area contributed by atoms with Gasteiger partial charge in [0.1, 0.15) is 0 Å². The van der Waals surface area contributed by atoms with E-state index in [2.05, 4.69) is 19.2 Å². The Labute approximate surface area is 425 Å². The summed E-state index contributed by atoms with van der Waals surface area (Å²) in [4.78, 5) is 24.6. The highest BCUT2D eigenvalue weighted by Crippen LogP contribution is 2.18. The molecule has 0 aliphatic rings. The van der Waals surface area contributed by atoms with Crippen LogP contribution in [0.25, 0.3) is 0 Å². The van der Waals surface area contributed by atoms with Crippen molar-refractivity contribution in [2.75, 3.05) is 13.2 Å². The third-order valence-corrected chi connectivity index (χ3v) is 14.6. The number of carbonyl (C=O) groups is 2. The molecule has 68 heavy (non-hydrogen) atoms. The first-order chi connectivity index (χ1) is 33.5. The lowest BCUT2D eigenvalue weighted by atomic mass is 10.0. The number of hydrogen-bond acceptors (Lipinski definition) is 5. The van der Waals surface area contributed by atoms with Crippen molar-refractivity contribution in [2.45, 2.75) is 360 Å². The predicted octanol–water partition coefficient (Wildman–Crippen LogP) is 19.2. The summed E-state index contributed by atoms with van der Waals surface area (Å²) < 4.78 is 5.49. The molecule has 0 heterocycles. The van der Waals surface area contributed by atoms with Crippen LogP contribution in [0.3, 0.4) is 0 Å². The van der Waals surface area contributed by atoms with E-state index in [4.69, 9.17) is 4.74 Å². The van der Waals surface area contributed by atoms with Crippen LogP contribution >= 0.6 is 0 Å². The second-order valence-electron chi connectivity index (χ2n) is 21.4. The van der Waals surface area contributed by atoms with E-state index in [1.54, 1.807) is 6.08 Å². The van der Waals surface area contributed by atoms with E-state index in [1.807, 2.05) is 6.08 Å². The maximum atomic E-state index is 12.5. The Morgan fingerprint density at radius 2 is 0.676 bits per heavy atom. The van der Waals surface area contributed by atoms with Gasteiger partial charge in [0.05, 0.1) is 25.4 Å². The first kappa shape index (κ1) is 66.6. The van der Waals surface area contributed by atoms with Gasteiger partial charge in [-0.3, -0.25) is 9.59 Å². The zero-order valence-electron chi connectivity index (χ0n) is 46.1. The number of ether oxygens (including phenoxy) is 1. The van der Waals surface area contributed by atoms with Crippen LogP contribution in [0, 0.1) is 0 Å². The van der Waals surface area contributed by atoms with Gasteiger partial charge < -0.3 is 20.3 Å². The number of unbranched alkanes of at least 4 members (excludes halogenated alkanes) is 47. The Balaban J connectivity index is 3.44. The van der Waals surface area contributed by atoms with E-state index in [-0.39, 0.29) is 18.5 Å². The fourth-order valence-corrected chi connectivity index (χ4v) is 9.81. The quantitative estimate of drug-likeness (QED) is 0.0321. The molecule has 0 aromatic heterocycles.